The predicted molar refractivity (Wildman–Crippen MR) is 122 cm³/mol. The highest BCUT2D eigenvalue weighted by Gasteiger charge is 2.48. The average molecular weight is 509 g/mol. The third-order valence-corrected chi connectivity index (χ3v) is 6.08. The Morgan fingerprint density at radius 1 is 1.08 bits per heavy atom. The van der Waals surface area contributed by atoms with Crippen LogP contribution < -0.4 is 14.4 Å². The summed E-state index contributed by atoms with van der Waals surface area (Å²) in [5.74, 6) is -0.869. The molecule has 1 atom stereocenters. The van der Waals surface area contributed by atoms with E-state index in [4.69, 9.17) is 9.15 Å². The van der Waals surface area contributed by atoms with Crippen molar-refractivity contribution in [3.8, 4) is 11.5 Å². The molecule has 1 aromatic heterocycles. The van der Waals surface area contributed by atoms with Gasteiger partial charge in [0, 0.05) is 30.8 Å². The number of ether oxygens (including phenoxy) is 2. The monoisotopic (exact) mass is 509 g/mol. The van der Waals surface area contributed by atoms with Crippen molar-refractivity contribution in [1.82, 2.24) is 0 Å². The summed E-state index contributed by atoms with van der Waals surface area (Å²) in [7, 11) is 1.68. The summed E-state index contributed by atoms with van der Waals surface area (Å²) in [5, 5.41) is 0. The van der Waals surface area contributed by atoms with Gasteiger partial charge in [-0.1, -0.05) is 24.3 Å². The van der Waals surface area contributed by atoms with Gasteiger partial charge < -0.3 is 23.6 Å². The molecular weight excluding hydrogens is 485 g/mol. The van der Waals surface area contributed by atoms with Gasteiger partial charge in [0.15, 0.2) is 0 Å². The van der Waals surface area contributed by atoms with E-state index < -0.39 is 29.6 Å². The molecule has 0 saturated heterocycles. The zero-order valence-electron chi connectivity index (χ0n) is 19.7. The second kappa shape index (κ2) is 9.15. The SMILES string of the molecule is CN(Cc1ccc(C(F)(F)F)o1)c1ccccc1C1(C=O)CC(C)(C)Oc2cc(OC(F)F)ccc21. The third kappa shape index (κ3) is 4.89. The van der Waals surface area contributed by atoms with E-state index in [1.807, 2.05) is 0 Å². The molecule has 0 bridgehead atoms. The van der Waals surface area contributed by atoms with Crippen LogP contribution in [0.15, 0.2) is 59.0 Å². The molecule has 0 N–H and O–H groups in total. The molecule has 1 aliphatic heterocycles. The molecule has 0 aliphatic carbocycles. The Labute approximate surface area is 204 Å². The minimum absolute atomic E-state index is 0.00987. The van der Waals surface area contributed by atoms with E-state index in [1.54, 1.807) is 50.1 Å². The highest BCUT2D eigenvalue weighted by Crippen LogP contribution is 2.51. The minimum atomic E-state index is -4.60. The number of alkyl halides is 5. The number of furan rings is 1. The molecule has 2 heterocycles. The molecule has 3 aromatic rings. The van der Waals surface area contributed by atoms with Gasteiger partial charge in [-0.15, -0.1) is 0 Å². The van der Waals surface area contributed by atoms with Crippen LogP contribution in [-0.4, -0.2) is 25.5 Å². The second-order valence-electron chi connectivity index (χ2n) is 9.30. The van der Waals surface area contributed by atoms with Crippen LogP contribution in [-0.2, 0) is 22.9 Å². The predicted octanol–water partition coefficient (Wildman–Crippen LogP) is 6.58. The van der Waals surface area contributed by atoms with Crippen LogP contribution in [0.1, 0.15) is 42.9 Å². The lowest BCUT2D eigenvalue weighted by atomic mass is 9.67. The van der Waals surface area contributed by atoms with Gasteiger partial charge in [0.1, 0.15) is 29.1 Å². The molecule has 0 fully saturated rings. The molecule has 10 heteroatoms. The van der Waals surface area contributed by atoms with Gasteiger partial charge in [-0.2, -0.15) is 22.0 Å². The first-order valence-electron chi connectivity index (χ1n) is 11.1. The highest BCUT2D eigenvalue weighted by atomic mass is 19.4. The molecule has 192 valence electrons. The first-order chi connectivity index (χ1) is 16.8. The summed E-state index contributed by atoms with van der Waals surface area (Å²) in [5.41, 5.74) is -0.440. The van der Waals surface area contributed by atoms with Crippen molar-refractivity contribution in [2.45, 2.75) is 50.6 Å². The average Bonchev–Trinajstić information content (AvgIpc) is 3.26. The lowest BCUT2D eigenvalue weighted by Gasteiger charge is -2.44. The molecule has 5 nitrogen and oxygen atoms in total. The van der Waals surface area contributed by atoms with E-state index >= 15 is 0 Å². The summed E-state index contributed by atoms with van der Waals surface area (Å²) in [6, 6.07) is 13.4. The van der Waals surface area contributed by atoms with Gasteiger partial charge in [-0.05, 0) is 43.7 Å². The van der Waals surface area contributed by atoms with Crippen molar-refractivity contribution in [3.05, 3.63) is 77.2 Å². The van der Waals surface area contributed by atoms with E-state index in [1.165, 1.54) is 24.3 Å². The maximum Gasteiger partial charge on any atom is 0.449 e. The Kier molecular flexibility index (Phi) is 6.49. The molecule has 4 rings (SSSR count). The van der Waals surface area contributed by atoms with Crippen molar-refractivity contribution >= 4 is 12.0 Å². The number of anilines is 1. The Morgan fingerprint density at radius 3 is 2.44 bits per heavy atom. The highest BCUT2D eigenvalue weighted by molar-refractivity contribution is 5.82. The molecule has 1 unspecified atom stereocenters. The third-order valence-electron chi connectivity index (χ3n) is 6.08. The zero-order valence-corrected chi connectivity index (χ0v) is 19.7. The molecule has 36 heavy (non-hydrogen) atoms. The molecular formula is C26H24F5NO4. The number of halogens is 5. The number of hydrogen-bond acceptors (Lipinski definition) is 5. The standard InChI is InChI=1S/C26H24F5NO4/c1-24(2)14-25(15-33,19-10-8-16(35-23(27)28)12-21(19)36-24)18-6-4-5-7-20(18)32(3)13-17-9-11-22(34-17)26(29,30)31/h4-12,15,23H,13-14H2,1-3H3. The van der Waals surface area contributed by atoms with E-state index in [-0.39, 0.29) is 30.2 Å². The van der Waals surface area contributed by atoms with Gasteiger partial charge in [0.05, 0.1) is 12.0 Å². The topological polar surface area (TPSA) is 51.9 Å². The Bertz CT molecular complexity index is 1250. The number of hydrogen-bond donors (Lipinski definition) is 0. The number of fused-ring (bicyclic) bond motifs is 1. The maximum atomic E-state index is 13.0. The van der Waals surface area contributed by atoms with Crippen LogP contribution in [0.4, 0.5) is 27.6 Å². The number of nitrogens with zero attached hydrogens (tertiary/aromatic N) is 1. The summed E-state index contributed by atoms with van der Waals surface area (Å²) in [6.07, 6.45) is -3.57. The maximum absolute atomic E-state index is 13.0. The largest absolute Gasteiger partial charge is 0.487 e. The smallest absolute Gasteiger partial charge is 0.449 e. The van der Waals surface area contributed by atoms with Crippen molar-refractivity contribution < 1.29 is 40.6 Å². The van der Waals surface area contributed by atoms with Crippen molar-refractivity contribution in [3.63, 3.8) is 0 Å². The van der Waals surface area contributed by atoms with Crippen LogP contribution in [0.3, 0.4) is 0 Å². The van der Waals surface area contributed by atoms with Crippen molar-refractivity contribution in [1.29, 1.82) is 0 Å². The lowest BCUT2D eigenvalue weighted by Crippen LogP contribution is -2.46. The second-order valence-corrected chi connectivity index (χ2v) is 9.30. The van der Waals surface area contributed by atoms with Gasteiger partial charge >= 0.3 is 12.8 Å². The van der Waals surface area contributed by atoms with E-state index in [2.05, 4.69) is 4.74 Å². The normalized spacial score (nSPS) is 18.9. The molecule has 1 aliphatic rings. The van der Waals surface area contributed by atoms with E-state index in [9.17, 15) is 26.7 Å². The molecule has 2 aromatic carbocycles. The Hall–Kier alpha value is -3.56. The fourth-order valence-corrected chi connectivity index (χ4v) is 4.76. The number of aldehydes is 1. The van der Waals surface area contributed by atoms with Crippen molar-refractivity contribution in [2.75, 3.05) is 11.9 Å². The summed E-state index contributed by atoms with van der Waals surface area (Å²) in [4.78, 5) is 14.6. The number of para-hydroxylation sites is 1. The van der Waals surface area contributed by atoms with Crippen LogP contribution in [0.5, 0.6) is 11.5 Å². The Morgan fingerprint density at radius 2 is 1.81 bits per heavy atom. The van der Waals surface area contributed by atoms with E-state index in [0.717, 1.165) is 12.4 Å². The molecule has 0 amide bonds. The Balaban J connectivity index is 1.78. The minimum Gasteiger partial charge on any atom is -0.487 e. The molecule has 0 spiro atoms. The first kappa shape index (κ1) is 25.5. The first-order valence-corrected chi connectivity index (χ1v) is 11.1. The summed E-state index contributed by atoms with van der Waals surface area (Å²) < 4.78 is 80.0. The number of carbonyl (C=O) groups excluding carboxylic acids is 1. The van der Waals surface area contributed by atoms with Gasteiger partial charge in [-0.3, -0.25) is 0 Å². The van der Waals surface area contributed by atoms with Crippen LogP contribution in [0.2, 0.25) is 0 Å². The van der Waals surface area contributed by atoms with E-state index in [0.29, 0.717) is 16.8 Å². The van der Waals surface area contributed by atoms with Gasteiger partial charge in [0.2, 0.25) is 5.76 Å². The molecule has 0 saturated carbocycles. The van der Waals surface area contributed by atoms with Crippen LogP contribution >= 0.6 is 0 Å². The van der Waals surface area contributed by atoms with Crippen LogP contribution in [0.25, 0.3) is 0 Å². The van der Waals surface area contributed by atoms with Gasteiger partial charge in [0.25, 0.3) is 0 Å². The molecule has 0 radical (unpaired) electrons. The number of benzene rings is 2. The fraction of sp³-hybridized carbons (Fsp3) is 0.346. The zero-order chi connectivity index (χ0) is 26.3. The van der Waals surface area contributed by atoms with Crippen LogP contribution in [0, 0.1) is 0 Å². The quantitative estimate of drug-likeness (QED) is 0.266. The van der Waals surface area contributed by atoms with Gasteiger partial charge in [-0.25, -0.2) is 0 Å². The lowest BCUT2D eigenvalue weighted by molar-refractivity contribution is -0.153. The number of carbonyl (C=O) groups is 1. The summed E-state index contributed by atoms with van der Waals surface area (Å²) >= 11 is 0. The summed E-state index contributed by atoms with van der Waals surface area (Å²) in [6.45, 7) is 0.547. The van der Waals surface area contributed by atoms with Crippen molar-refractivity contribution in [2.24, 2.45) is 0 Å². The number of rotatable bonds is 7. The fourth-order valence-electron chi connectivity index (χ4n) is 4.76.